The SMILES string of the molecule is O=C(Nc1nccs1)c1cccc(CN2CCC[C@@H]2Cn2cccn2)c1. The van der Waals surface area contributed by atoms with Crippen LogP contribution in [0.2, 0.25) is 0 Å². The fraction of sp³-hybridized carbons (Fsp3) is 0.316. The first kappa shape index (κ1) is 16.9. The molecule has 4 rings (SSSR count). The van der Waals surface area contributed by atoms with Gasteiger partial charge >= 0.3 is 0 Å². The lowest BCUT2D eigenvalue weighted by atomic mass is 10.1. The molecule has 1 saturated heterocycles. The number of hydrogen-bond acceptors (Lipinski definition) is 5. The minimum Gasteiger partial charge on any atom is -0.298 e. The Morgan fingerprint density at radius 1 is 1.31 bits per heavy atom. The van der Waals surface area contributed by atoms with Gasteiger partial charge in [-0.15, -0.1) is 11.3 Å². The van der Waals surface area contributed by atoms with Crippen molar-refractivity contribution in [3.8, 4) is 0 Å². The molecule has 1 aromatic carbocycles. The van der Waals surface area contributed by atoms with Crippen molar-refractivity contribution in [1.82, 2.24) is 19.7 Å². The van der Waals surface area contributed by atoms with E-state index < -0.39 is 0 Å². The topological polar surface area (TPSA) is 63.1 Å². The van der Waals surface area contributed by atoms with Gasteiger partial charge in [-0.1, -0.05) is 12.1 Å². The summed E-state index contributed by atoms with van der Waals surface area (Å²) in [4.78, 5) is 19.0. The predicted molar refractivity (Wildman–Crippen MR) is 102 cm³/mol. The Kier molecular flexibility index (Phi) is 5.08. The van der Waals surface area contributed by atoms with Crippen LogP contribution >= 0.6 is 11.3 Å². The van der Waals surface area contributed by atoms with Gasteiger partial charge in [0.25, 0.3) is 5.91 Å². The van der Waals surface area contributed by atoms with Gasteiger partial charge in [0.05, 0.1) is 6.54 Å². The van der Waals surface area contributed by atoms with Crippen LogP contribution in [0.3, 0.4) is 0 Å². The maximum Gasteiger partial charge on any atom is 0.257 e. The van der Waals surface area contributed by atoms with E-state index in [0.29, 0.717) is 16.7 Å². The molecule has 0 radical (unpaired) electrons. The molecular formula is C19H21N5OS. The van der Waals surface area contributed by atoms with E-state index in [-0.39, 0.29) is 5.91 Å². The lowest BCUT2D eigenvalue weighted by Crippen LogP contribution is -2.32. The van der Waals surface area contributed by atoms with Crippen LogP contribution < -0.4 is 5.32 Å². The van der Waals surface area contributed by atoms with E-state index in [1.807, 2.05) is 46.7 Å². The van der Waals surface area contributed by atoms with E-state index in [1.54, 1.807) is 6.20 Å². The fourth-order valence-electron chi connectivity index (χ4n) is 3.43. The van der Waals surface area contributed by atoms with Crippen molar-refractivity contribution in [2.24, 2.45) is 0 Å². The highest BCUT2D eigenvalue weighted by atomic mass is 32.1. The molecule has 1 atom stereocenters. The molecule has 0 aliphatic carbocycles. The third-order valence-electron chi connectivity index (χ3n) is 4.68. The van der Waals surface area contributed by atoms with E-state index in [1.165, 1.54) is 24.2 Å². The lowest BCUT2D eigenvalue weighted by molar-refractivity contribution is 0.102. The summed E-state index contributed by atoms with van der Waals surface area (Å²) in [6.07, 6.45) is 7.91. The van der Waals surface area contributed by atoms with Crippen LogP contribution in [0.25, 0.3) is 0 Å². The molecule has 1 amide bonds. The molecule has 0 bridgehead atoms. The second kappa shape index (κ2) is 7.80. The Morgan fingerprint density at radius 3 is 3.08 bits per heavy atom. The third-order valence-corrected chi connectivity index (χ3v) is 5.37. The van der Waals surface area contributed by atoms with Crippen molar-refractivity contribution < 1.29 is 4.79 Å². The fourth-order valence-corrected chi connectivity index (χ4v) is 3.96. The van der Waals surface area contributed by atoms with Crippen molar-refractivity contribution in [3.05, 3.63) is 65.4 Å². The average Bonchev–Trinajstić information content (AvgIpc) is 3.40. The summed E-state index contributed by atoms with van der Waals surface area (Å²) < 4.78 is 2.00. The zero-order valence-corrected chi connectivity index (χ0v) is 15.2. The van der Waals surface area contributed by atoms with E-state index >= 15 is 0 Å². The number of thiazole rings is 1. The van der Waals surface area contributed by atoms with E-state index in [4.69, 9.17) is 0 Å². The van der Waals surface area contributed by atoms with Crippen molar-refractivity contribution in [2.75, 3.05) is 11.9 Å². The predicted octanol–water partition coefficient (Wildman–Crippen LogP) is 3.26. The summed E-state index contributed by atoms with van der Waals surface area (Å²) in [5, 5.41) is 9.64. The second-order valence-electron chi connectivity index (χ2n) is 6.49. The highest BCUT2D eigenvalue weighted by Crippen LogP contribution is 2.22. The highest BCUT2D eigenvalue weighted by molar-refractivity contribution is 7.13. The first-order valence-corrected chi connectivity index (χ1v) is 9.67. The first-order valence-electron chi connectivity index (χ1n) is 8.79. The van der Waals surface area contributed by atoms with Gasteiger partial charge in [-0.3, -0.25) is 19.7 Å². The first-order chi connectivity index (χ1) is 12.8. The van der Waals surface area contributed by atoms with Crippen LogP contribution in [0.15, 0.2) is 54.3 Å². The molecule has 6 nitrogen and oxygen atoms in total. The van der Waals surface area contributed by atoms with Gasteiger partial charge in [-0.25, -0.2) is 4.98 Å². The van der Waals surface area contributed by atoms with Crippen LogP contribution in [0, 0.1) is 0 Å². The molecular weight excluding hydrogens is 346 g/mol. The second-order valence-corrected chi connectivity index (χ2v) is 7.38. The Bertz CT molecular complexity index is 847. The van der Waals surface area contributed by atoms with Gasteiger partial charge in [0.2, 0.25) is 0 Å². The molecule has 3 heterocycles. The number of aromatic nitrogens is 3. The Balaban J connectivity index is 1.42. The number of anilines is 1. The van der Waals surface area contributed by atoms with Crippen LogP contribution in [0.5, 0.6) is 0 Å². The molecule has 1 aliphatic rings. The number of rotatable bonds is 6. The minimum atomic E-state index is -0.115. The van der Waals surface area contributed by atoms with E-state index in [0.717, 1.165) is 25.2 Å². The summed E-state index contributed by atoms with van der Waals surface area (Å²) in [7, 11) is 0. The summed E-state index contributed by atoms with van der Waals surface area (Å²) in [6.45, 7) is 2.85. The zero-order valence-electron chi connectivity index (χ0n) is 14.4. The molecule has 7 heteroatoms. The summed E-state index contributed by atoms with van der Waals surface area (Å²) in [6, 6.07) is 10.3. The average molecular weight is 367 g/mol. The number of nitrogens with one attached hydrogen (secondary N) is 1. The van der Waals surface area contributed by atoms with Crippen LogP contribution in [0.4, 0.5) is 5.13 Å². The number of carbonyl (C=O) groups excluding carboxylic acids is 1. The maximum absolute atomic E-state index is 12.4. The van der Waals surface area contributed by atoms with Gasteiger partial charge in [0, 0.05) is 42.1 Å². The molecule has 1 aliphatic heterocycles. The van der Waals surface area contributed by atoms with Crippen molar-refractivity contribution in [1.29, 1.82) is 0 Å². The molecule has 0 saturated carbocycles. The Morgan fingerprint density at radius 2 is 2.27 bits per heavy atom. The minimum absolute atomic E-state index is 0.115. The van der Waals surface area contributed by atoms with Gasteiger partial charge in [0.15, 0.2) is 5.13 Å². The lowest BCUT2D eigenvalue weighted by Gasteiger charge is -2.24. The number of carbonyl (C=O) groups is 1. The Hall–Kier alpha value is -2.51. The Labute approximate surface area is 156 Å². The van der Waals surface area contributed by atoms with Gasteiger partial charge in [-0.2, -0.15) is 5.10 Å². The number of benzene rings is 1. The van der Waals surface area contributed by atoms with Crippen molar-refractivity contribution in [2.45, 2.75) is 32.0 Å². The largest absolute Gasteiger partial charge is 0.298 e. The summed E-state index contributed by atoms with van der Waals surface area (Å²) in [5.74, 6) is -0.115. The number of hydrogen-bond donors (Lipinski definition) is 1. The molecule has 1 fully saturated rings. The van der Waals surface area contributed by atoms with E-state index in [2.05, 4.69) is 26.4 Å². The summed E-state index contributed by atoms with van der Waals surface area (Å²) in [5.41, 5.74) is 1.82. The monoisotopic (exact) mass is 367 g/mol. The number of nitrogens with zero attached hydrogens (tertiary/aromatic N) is 4. The molecule has 0 spiro atoms. The molecule has 134 valence electrons. The summed E-state index contributed by atoms with van der Waals surface area (Å²) >= 11 is 1.42. The maximum atomic E-state index is 12.4. The standard InChI is InChI=1S/C19H21N5OS/c25-18(22-19-20-8-11-26-19)16-5-1-4-15(12-16)13-23-9-2-6-17(23)14-24-10-3-7-21-24/h1,3-5,7-8,10-12,17H,2,6,9,13-14H2,(H,20,22,25)/t17-/m1/s1. The molecule has 0 unspecified atom stereocenters. The third kappa shape index (κ3) is 4.00. The van der Waals surface area contributed by atoms with Gasteiger partial charge in [-0.05, 0) is 43.1 Å². The number of amides is 1. The molecule has 3 aromatic rings. The zero-order chi connectivity index (χ0) is 17.8. The van der Waals surface area contributed by atoms with Crippen LogP contribution in [-0.2, 0) is 13.1 Å². The molecule has 1 N–H and O–H groups in total. The van der Waals surface area contributed by atoms with Crippen LogP contribution in [0.1, 0.15) is 28.8 Å². The normalized spacial score (nSPS) is 17.5. The number of likely N-dealkylation sites (tertiary alicyclic amines) is 1. The van der Waals surface area contributed by atoms with Crippen LogP contribution in [-0.4, -0.2) is 38.2 Å². The van der Waals surface area contributed by atoms with Gasteiger partial charge < -0.3 is 0 Å². The van der Waals surface area contributed by atoms with E-state index in [9.17, 15) is 4.79 Å². The van der Waals surface area contributed by atoms with Crippen molar-refractivity contribution >= 4 is 22.4 Å². The quantitative estimate of drug-likeness (QED) is 0.726. The van der Waals surface area contributed by atoms with Crippen molar-refractivity contribution in [3.63, 3.8) is 0 Å². The molecule has 26 heavy (non-hydrogen) atoms. The van der Waals surface area contributed by atoms with Gasteiger partial charge in [0.1, 0.15) is 0 Å². The smallest absolute Gasteiger partial charge is 0.257 e. The highest BCUT2D eigenvalue weighted by Gasteiger charge is 2.25. The molecule has 2 aromatic heterocycles.